The Kier molecular flexibility index (Phi) is 11.5. The predicted molar refractivity (Wildman–Crippen MR) is 118 cm³/mol. The molecule has 4 N–H and O–H groups in total. The van der Waals surface area contributed by atoms with Gasteiger partial charge in [-0.1, -0.05) is 42.5 Å². The molecule has 7 heteroatoms. The number of nitrogens with one attached hydrogen (secondary N) is 1. The second kappa shape index (κ2) is 13.6. The molecule has 1 atom stereocenters. The van der Waals surface area contributed by atoms with E-state index in [1.165, 1.54) is 38.8 Å². The van der Waals surface area contributed by atoms with Gasteiger partial charge in [-0.2, -0.15) is 0 Å². The number of nitrogen functional groups attached to an aromatic ring is 1. The van der Waals surface area contributed by atoms with Gasteiger partial charge in [0.2, 0.25) is 0 Å². The zero-order valence-corrected chi connectivity index (χ0v) is 18.3. The highest BCUT2D eigenvalue weighted by molar-refractivity contribution is 6.38. The highest BCUT2D eigenvalue weighted by Crippen LogP contribution is 2.31. The number of nitrogens with zero attached hydrogens (tertiary/aromatic N) is 1. The van der Waals surface area contributed by atoms with Crippen LogP contribution in [0, 0.1) is 0 Å². The standard InChI is InChI=1S/C21H35Cl2N3O2/c22-18-14-17(15-19(23)21(18)24)20(27)16-25-8-4-1-2-7-12-28-13-11-26-9-5-3-6-10-26/h14-15,20,25,27H,1-13,16,24H2. The zero-order chi connectivity index (χ0) is 20.2. The molecule has 2 rings (SSSR count). The molecule has 28 heavy (non-hydrogen) atoms. The van der Waals surface area contributed by atoms with Crippen LogP contribution in [0.5, 0.6) is 0 Å². The normalized spacial score (nSPS) is 16.4. The van der Waals surface area contributed by atoms with E-state index in [0.29, 0.717) is 27.8 Å². The summed E-state index contributed by atoms with van der Waals surface area (Å²) in [6.07, 6.45) is 7.96. The van der Waals surface area contributed by atoms with E-state index in [2.05, 4.69) is 10.2 Å². The van der Waals surface area contributed by atoms with Gasteiger partial charge in [0.05, 0.1) is 28.4 Å². The fraction of sp³-hybridized carbons (Fsp3) is 0.714. The topological polar surface area (TPSA) is 70.8 Å². The molecule has 1 aromatic carbocycles. The molecule has 0 aromatic heterocycles. The molecule has 0 bridgehead atoms. The third-order valence-corrected chi connectivity index (χ3v) is 5.84. The lowest BCUT2D eigenvalue weighted by Gasteiger charge is -2.26. The van der Waals surface area contributed by atoms with E-state index < -0.39 is 6.10 Å². The van der Waals surface area contributed by atoms with Crippen molar-refractivity contribution in [3.05, 3.63) is 27.7 Å². The molecule has 0 radical (unpaired) electrons. The molecule has 1 aromatic rings. The van der Waals surface area contributed by atoms with E-state index >= 15 is 0 Å². The molecule has 0 amide bonds. The van der Waals surface area contributed by atoms with Gasteiger partial charge in [-0.05, 0) is 63.0 Å². The molecule has 0 saturated carbocycles. The minimum atomic E-state index is -0.649. The Morgan fingerprint density at radius 3 is 2.43 bits per heavy atom. The summed E-state index contributed by atoms with van der Waals surface area (Å²) in [7, 11) is 0. The quantitative estimate of drug-likeness (QED) is 0.321. The molecule has 1 saturated heterocycles. The van der Waals surface area contributed by atoms with Gasteiger partial charge in [-0.15, -0.1) is 0 Å². The van der Waals surface area contributed by atoms with Crippen molar-refractivity contribution in [3.8, 4) is 0 Å². The highest BCUT2D eigenvalue weighted by Gasteiger charge is 2.12. The average Bonchev–Trinajstić information content (AvgIpc) is 2.70. The summed E-state index contributed by atoms with van der Waals surface area (Å²) >= 11 is 12.0. The Morgan fingerprint density at radius 1 is 1.04 bits per heavy atom. The van der Waals surface area contributed by atoms with E-state index in [9.17, 15) is 5.11 Å². The molecule has 0 aliphatic carbocycles. The summed E-state index contributed by atoms with van der Waals surface area (Å²) in [5.41, 5.74) is 6.75. The van der Waals surface area contributed by atoms with Crippen LogP contribution in [0.25, 0.3) is 0 Å². The van der Waals surface area contributed by atoms with Gasteiger partial charge in [0, 0.05) is 19.7 Å². The van der Waals surface area contributed by atoms with E-state index in [-0.39, 0.29) is 0 Å². The van der Waals surface area contributed by atoms with Crippen LogP contribution in [0.4, 0.5) is 5.69 Å². The molecule has 5 nitrogen and oxygen atoms in total. The third-order valence-electron chi connectivity index (χ3n) is 5.22. The molecule has 1 unspecified atom stereocenters. The Hall–Kier alpha value is -0.560. The van der Waals surface area contributed by atoms with Gasteiger partial charge in [0.25, 0.3) is 0 Å². The van der Waals surface area contributed by atoms with Crippen molar-refractivity contribution in [1.82, 2.24) is 10.2 Å². The van der Waals surface area contributed by atoms with E-state index in [1.54, 1.807) is 12.1 Å². The third kappa shape index (κ3) is 8.85. The largest absolute Gasteiger partial charge is 0.396 e. The number of hydrogen-bond acceptors (Lipinski definition) is 5. The number of nitrogens with two attached hydrogens (primary N) is 1. The van der Waals surface area contributed by atoms with Crippen LogP contribution >= 0.6 is 23.2 Å². The van der Waals surface area contributed by atoms with E-state index in [1.807, 2.05) is 0 Å². The predicted octanol–water partition coefficient (Wildman–Crippen LogP) is 4.26. The first kappa shape index (κ1) is 23.7. The molecule has 1 heterocycles. The van der Waals surface area contributed by atoms with E-state index in [4.69, 9.17) is 33.7 Å². The second-order valence-electron chi connectivity index (χ2n) is 7.55. The van der Waals surface area contributed by atoms with Crippen molar-refractivity contribution in [3.63, 3.8) is 0 Å². The van der Waals surface area contributed by atoms with Crippen molar-refractivity contribution in [2.45, 2.75) is 51.0 Å². The van der Waals surface area contributed by atoms with E-state index in [0.717, 1.165) is 45.6 Å². The summed E-state index contributed by atoms with van der Waals surface area (Å²) in [4.78, 5) is 2.51. The molecular weight excluding hydrogens is 397 g/mol. The summed E-state index contributed by atoms with van der Waals surface area (Å²) in [6, 6.07) is 3.33. The molecule has 0 spiro atoms. The summed E-state index contributed by atoms with van der Waals surface area (Å²) in [5, 5.41) is 14.3. The van der Waals surface area contributed by atoms with Crippen molar-refractivity contribution < 1.29 is 9.84 Å². The Balaban J connectivity index is 1.42. The molecule has 1 aliphatic rings. The molecule has 160 valence electrons. The number of likely N-dealkylation sites (tertiary alicyclic amines) is 1. The number of aliphatic hydroxyl groups excluding tert-OH is 1. The number of anilines is 1. The lowest BCUT2D eigenvalue weighted by Crippen LogP contribution is -2.32. The van der Waals surface area contributed by atoms with Crippen molar-refractivity contribution in [2.24, 2.45) is 0 Å². The van der Waals surface area contributed by atoms with Crippen LogP contribution in [-0.2, 0) is 4.74 Å². The lowest BCUT2D eigenvalue weighted by atomic mass is 10.1. The van der Waals surface area contributed by atoms with Crippen LogP contribution in [0.2, 0.25) is 10.0 Å². The number of unbranched alkanes of at least 4 members (excludes halogenated alkanes) is 3. The fourth-order valence-electron chi connectivity index (χ4n) is 3.44. The number of piperidine rings is 1. The maximum Gasteiger partial charge on any atom is 0.0915 e. The fourth-order valence-corrected chi connectivity index (χ4v) is 3.94. The first-order chi connectivity index (χ1) is 13.6. The maximum atomic E-state index is 10.2. The minimum Gasteiger partial charge on any atom is -0.396 e. The van der Waals surface area contributed by atoms with Crippen LogP contribution in [0.15, 0.2) is 12.1 Å². The Labute approximate surface area is 179 Å². The smallest absolute Gasteiger partial charge is 0.0915 e. The Morgan fingerprint density at radius 2 is 1.71 bits per heavy atom. The van der Waals surface area contributed by atoms with Gasteiger partial charge in [0.1, 0.15) is 0 Å². The number of rotatable bonds is 13. The number of aliphatic hydroxyl groups is 1. The van der Waals surface area contributed by atoms with Crippen LogP contribution in [0.3, 0.4) is 0 Å². The lowest BCUT2D eigenvalue weighted by molar-refractivity contribution is 0.0938. The zero-order valence-electron chi connectivity index (χ0n) is 16.8. The summed E-state index contributed by atoms with van der Waals surface area (Å²) < 4.78 is 5.75. The van der Waals surface area contributed by atoms with Crippen molar-refractivity contribution in [1.29, 1.82) is 0 Å². The first-order valence-electron chi connectivity index (χ1n) is 10.5. The van der Waals surface area contributed by atoms with Crippen LogP contribution in [0.1, 0.15) is 56.6 Å². The van der Waals surface area contributed by atoms with Crippen LogP contribution < -0.4 is 11.1 Å². The number of benzene rings is 1. The van der Waals surface area contributed by atoms with Gasteiger partial charge < -0.3 is 25.8 Å². The summed E-state index contributed by atoms with van der Waals surface area (Å²) in [6.45, 7) is 6.63. The monoisotopic (exact) mass is 431 g/mol. The van der Waals surface area contributed by atoms with Crippen LogP contribution in [-0.4, -0.2) is 55.9 Å². The second-order valence-corrected chi connectivity index (χ2v) is 8.36. The van der Waals surface area contributed by atoms with Crippen molar-refractivity contribution >= 4 is 28.9 Å². The van der Waals surface area contributed by atoms with Gasteiger partial charge >= 0.3 is 0 Å². The maximum absolute atomic E-state index is 10.2. The summed E-state index contributed by atoms with van der Waals surface area (Å²) in [5.74, 6) is 0. The number of halogens is 2. The molecule has 1 aliphatic heterocycles. The first-order valence-corrected chi connectivity index (χ1v) is 11.3. The molecule has 1 fully saturated rings. The minimum absolute atomic E-state index is 0.350. The van der Waals surface area contributed by atoms with Crippen molar-refractivity contribution in [2.75, 3.05) is 51.7 Å². The highest BCUT2D eigenvalue weighted by atomic mass is 35.5. The van der Waals surface area contributed by atoms with Gasteiger partial charge in [0.15, 0.2) is 0 Å². The molecular formula is C21H35Cl2N3O2. The average molecular weight is 432 g/mol. The Bertz CT molecular complexity index is 546. The van der Waals surface area contributed by atoms with Gasteiger partial charge in [-0.3, -0.25) is 0 Å². The number of hydrogen-bond donors (Lipinski definition) is 3. The SMILES string of the molecule is Nc1c(Cl)cc(C(O)CNCCCCCCOCCN2CCCCC2)cc1Cl. The van der Waals surface area contributed by atoms with Gasteiger partial charge in [-0.25, -0.2) is 0 Å². The number of ether oxygens (including phenoxy) is 1.